The predicted molar refractivity (Wildman–Crippen MR) is 44.2 cm³/mol. The highest BCUT2D eigenvalue weighted by molar-refractivity contribution is 7.86. The lowest BCUT2D eigenvalue weighted by Crippen LogP contribution is -1.93. The molecule has 4 heteroatoms. The maximum Gasteiger partial charge on any atom is 0.332 e. The van der Waals surface area contributed by atoms with Gasteiger partial charge in [0.1, 0.15) is 0 Å². The van der Waals surface area contributed by atoms with E-state index in [2.05, 4.69) is 0 Å². The predicted octanol–water partition coefficient (Wildman–Crippen LogP) is 1.96. The third kappa shape index (κ3) is 1.82. The Bertz CT molecular complexity index is 396. The van der Waals surface area contributed by atoms with Crippen molar-refractivity contribution in [1.29, 1.82) is 0 Å². The normalized spacial score (nSPS) is 11.6. The molecule has 0 N–H and O–H groups in total. The fraction of sp³-hybridized carbons (Fsp3) is 0.250. The summed E-state index contributed by atoms with van der Waals surface area (Å²) in [6, 6.07) is 4.17. The minimum Gasteiger partial charge on any atom is -0.189 e. The minimum atomic E-state index is -4.54. The van der Waals surface area contributed by atoms with E-state index >= 15 is 0 Å². The van der Waals surface area contributed by atoms with Gasteiger partial charge in [0.2, 0.25) is 0 Å². The van der Waals surface area contributed by atoms with Gasteiger partial charge in [0, 0.05) is 0 Å². The Kier molecular flexibility index (Phi) is 2.19. The van der Waals surface area contributed by atoms with E-state index in [4.69, 9.17) is 0 Å². The van der Waals surface area contributed by atoms with Gasteiger partial charge in [-0.25, -0.2) is 0 Å². The van der Waals surface area contributed by atoms with Gasteiger partial charge in [0.05, 0.1) is 4.90 Å². The van der Waals surface area contributed by atoms with E-state index in [1.54, 1.807) is 13.0 Å². The summed E-state index contributed by atoms with van der Waals surface area (Å²) >= 11 is 0. The summed E-state index contributed by atoms with van der Waals surface area (Å²) in [6.07, 6.45) is 0. The smallest absolute Gasteiger partial charge is 0.189 e. The van der Waals surface area contributed by atoms with Gasteiger partial charge in [-0.2, -0.15) is 8.42 Å². The van der Waals surface area contributed by atoms with E-state index in [-0.39, 0.29) is 4.90 Å². The monoisotopic (exact) mass is 188 g/mol. The molecular formula is C8H9FO2S. The fourth-order valence-corrected chi connectivity index (χ4v) is 1.41. The van der Waals surface area contributed by atoms with Crippen LogP contribution in [0.25, 0.3) is 0 Å². The summed E-state index contributed by atoms with van der Waals surface area (Å²) in [4.78, 5) is -0.273. The SMILES string of the molecule is Cc1ccc(S(=O)(=O)F)cc1C. The van der Waals surface area contributed by atoms with Crippen molar-refractivity contribution in [1.82, 2.24) is 0 Å². The molecule has 66 valence electrons. The Morgan fingerprint density at radius 2 is 1.75 bits per heavy atom. The Labute approximate surface area is 71.2 Å². The van der Waals surface area contributed by atoms with Crippen LogP contribution in [0, 0.1) is 13.8 Å². The molecule has 0 aliphatic rings. The van der Waals surface area contributed by atoms with Gasteiger partial charge in [-0.15, -0.1) is 3.89 Å². The largest absolute Gasteiger partial charge is 0.332 e. The zero-order valence-corrected chi connectivity index (χ0v) is 7.65. The van der Waals surface area contributed by atoms with Crippen molar-refractivity contribution in [3.63, 3.8) is 0 Å². The summed E-state index contributed by atoms with van der Waals surface area (Å²) in [5, 5.41) is 0. The van der Waals surface area contributed by atoms with E-state index in [0.717, 1.165) is 11.1 Å². The minimum absolute atomic E-state index is 0.273. The number of benzene rings is 1. The molecule has 0 bridgehead atoms. The molecule has 2 nitrogen and oxygen atoms in total. The second-order valence-corrected chi connectivity index (χ2v) is 4.03. The Balaban J connectivity index is 3.33. The average Bonchev–Trinajstić information content (AvgIpc) is 1.92. The highest BCUT2D eigenvalue weighted by Crippen LogP contribution is 2.16. The van der Waals surface area contributed by atoms with E-state index in [9.17, 15) is 12.3 Å². The van der Waals surface area contributed by atoms with Gasteiger partial charge in [0.25, 0.3) is 0 Å². The molecule has 0 amide bonds. The van der Waals surface area contributed by atoms with E-state index in [1.807, 2.05) is 6.92 Å². The van der Waals surface area contributed by atoms with E-state index in [1.165, 1.54) is 12.1 Å². The lowest BCUT2D eigenvalue weighted by Gasteiger charge is -2.00. The second kappa shape index (κ2) is 2.86. The van der Waals surface area contributed by atoms with Crippen LogP contribution in [0.2, 0.25) is 0 Å². The Morgan fingerprint density at radius 3 is 2.17 bits per heavy atom. The van der Waals surface area contributed by atoms with Crippen molar-refractivity contribution in [3.05, 3.63) is 29.3 Å². The summed E-state index contributed by atoms with van der Waals surface area (Å²) in [5.41, 5.74) is 1.72. The maximum atomic E-state index is 12.4. The molecule has 0 aromatic heterocycles. The number of hydrogen-bond donors (Lipinski definition) is 0. The van der Waals surface area contributed by atoms with Crippen molar-refractivity contribution in [2.24, 2.45) is 0 Å². The molecule has 0 fully saturated rings. The molecule has 0 spiro atoms. The maximum absolute atomic E-state index is 12.4. The zero-order chi connectivity index (χ0) is 9.35. The molecule has 0 saturated carbocycles. The second-order valence-electron chi connectivity index (χ2n) is 2.68. The van der Waals surface area contributed by atoms with Crippen LogP contribution in [0.3, 0.4) is 0 Å². The zero-order valence-electron chi connectivity index (χ0n) is 6.83. The number of hydrogen-bond acceptors (Lipinski definition) is 2. The van der Waals surface area contributed by atoms with Crippen LogP contribution in [0.1, 0.15) is 11.1 Å². The number of aryl methyl sites for hydroxylation is 2. The van der Waals surface area contributed by atoms with Gasteiger partial charge < -0.3 is 0 Å². The fourth-order valence-electron chi connectivity index (χ4n) is 0.866. The van der Waals surface area contributed by atoms with Crippen LogP contribution in [0.4, 0.5) is 3.89 Å². The average molecular weight is 188 g/mol. The molecule has 0 atom stereocenters. The molecule has 0 aliphatic heterocycles. The van der Waals surface area contributed by atoms with Gasteiger partial charge in [-0.1, -0.05) is 6.07 Å². The molecule has 1 aromatic carbocycles. The van der Waals surface area contributed by atoms with Crippen LogP contribution in [0.5, 0.6) is 0 Å². The highest BCUT2D eigenvalue weighted by Gasteiger charge is 2.11. The third-order valence-corrected chi connectivity index (χ3v) is 2.58. The van der Waals surface area contributed by atoms with Crippen molar-refractivity contribution in [2.45, 2.75) is 18.7 Å². The summed E-state index contributed by atoms with van der Waals surface area (Å²) in [7, 11) is -4.54. The van der Waals surface area contributed by atoms with Gasteiger partial charge in [-0.05, 0) is 37.1 Å². The lowest BCUT2D eigenvalue weighted by atomic mass is 10.1. The highest BCUT2D eigenvalue weighted by atomic mass is 32.3. The Morgan fingerprint density at radius 1 is 1.17 bits per heavy atom. The molecule has 0 unspecified atom stereocenters. The van der Waals surface area contributed by atoms with Crippen LogP contribution in [-0.2, 0) is 10.2 Å². The van der Waals surface area contributed by atoms with Crippen molar-refractivity contribution >= 4 is 10.2 Å². The standard InChI is InChI=1S/C8H9FO2S/c1-6-3-4-8(5-7(6)2)12(9,10)11/h3-5H,1-2H3. The van der Waals surface area contributed by atoms with Gasteiger partial charge in [-0.3, -0.25) is 0 Å². The summed E-state index contributed by atoms with van der Waals surface area (Å²) in [5.74, 6) is 0. The van der Waals surface area contributed by atoms with E-state index < -0.39 is 10.2 Å². The van der Waals surface area contributed by atoms with Crippen molar-refractivity contribution in [3.8, 4) is 0 Å². The molecule has 1 aromatic rings. The first-order valence-corrected chi connectivity index (χ1v) is 4.81. The first kappa shape index (κ1) is 9.19. The lowest BCUT2D eigenvalue weighted by molar-refractivity contribution is 0.552. The van der Waals surface area contributed by atoms with Crippen molar-refractivity contribution < 1.29 is 12.3 Å². The molecule has 0 saturated heterocycles. The molecule has 0 aliphatic carbocycles. The van der Waals surface area contributed by atoms with Crippen LogP contribution < -0.4 is 0 Å². The molecule has 0 heterocycles. The summed E-state index contributed by atoms with van der Waals surface area (Å²) < 4.78 is 33.3. The first-order valence-electron chi connectivity index (χ1n) is 3.43. The topological polar surface area (TPSA) is 34.1 Å². The third-order valence-electron chi connectivity index (χ3n) is 1.76. The molecular weight excluding hydrogens is 179 g/mol. The molecule has 1 rings (SSSR count). The van der Waals surface area contributed by atoms with Crippen LogP contribution in [0.15, 0.2) is 23.1 Å². The molecule has 0 radical (unpaired) electrons. The quantitative estimate of drug-likeness (QED) is 0.631. The Hall–Kier alpha value is -0.900. The van der Waals surface area contributed by atoms with Crippen LogP contribution >= 0.6 is 0 Å². The first-order chi connectivity index (χ1) is 5.41. The van der Waals surface area contributed by atoms with E-state index in [0.29, 0.717) is 0 Å². The number of halogens is 1. The van der Waals surface area contributed by atoms with Gasteiger partial charge in [0.15, 0.2) is 0 Å². The number of rotatable bonds is 1. The van der Waals surface area contributed by atoms with Crippen LogP contribution in [-0.4, -0.2) is 8.42 Å². The van der Waals surface area contributed by atoms with Crippen molar-refractivity contribution in [2.75, 3.05) is 0 Å². The summed E-state index contributed by atoms with van der Waals surface area (Å²) in [6.45, 7) is 3.58. The van der Waals surface area contributed by atoms with Gasteiger partial charge >= 0.3 is 10.2 Å². The molecule has 12 heavy (non-hydrogen) atoms.